The molecule has 1 aliphatic heterocycles. The summed E-state index contributed by atoms with van der Waals surface area (Å²) in [7, 11) is 1.62. The van der Waals surface area contributed by atoms with Crippen LogP contribution in [0.3, 0.4) is 0 Å². The number of ether oxygens (including phenoxy) is 2. The lowest BCUT2D eigenvalue weighted by Crippen LogP contribution is -2.45. The summed E-state index contributed by atoms with van der Waals surface area (Å²) in [5.74, 6) is 0.709. The van der Waals surface area contributed by atoms with E-state index in [9.17, 15) is 4.79 Å². The zero-order valence-corrected chi connectivity index (χ0v) is 23.4. The van der Waals surface area contributed by atoms with Gasteiger partial charge in [-0.3, -0.25) is 9.30 Å². The molecule has 2 amide bonds. The van der Waals surface area contributed by atoms with E-state index < -0.39 is 0 Å². The molecule has 1 fully saturated rings. The molecule has 8 nitrogen and oxygen atoms in total. The van der Waals surface area contributed by atoms with E-state index in [0.717, 1.165) is 61.2 Å². The Morgan fingerprint density at radius 2 is 1.90 bits per heavy atom. The number of carbonyl (C=O) groups excluding carboxylic acids is 1. The van der Waals surface area contributed by atoms with Crippen molar-refractivity contribution in [3.8, 4) is 17.0 Å². The van der Waals surface area contributed by atoms with E-state index in [4.69, 9.17) is 14.5 Å². The van der Waals surface area contributed by atoms with E-state index in [1.54, 1.807) is 18.4 Å². The molecule has 0 bridgehead atoms. The highest BCUT2D eigenvalue weighted by molar-refractivity contribution is 7.15. The first kappa shape index (κ1) is 26.3. The number of imidazole rings is 1. The number of thiazole rings is 1. The average Bonchev–Trinajstić information content (AvgIpc) is 3.59. The number of hydrogen-bond acceptors (Lipinski definition) is 6. The fraction of sp³-hybridized carbons (Fsp3) is 0.290. The zero-order chi connectivity index (χ0) is 27.3. The molecule has 3 heterocycles. The van der Waals surface area contributed by atoms with Crippen LogP contribution in [0.15, 0.2) is 78.3 Å². The lowest BCUT2D eigenvalue weighted by molar-refractivity contribution is 0.0352. The van der Waals surface area contributed by atoms with Gasteiger partial charge in [-0.1, -0.05) is 42.5 Å². The smallest absolute Gasteiger partial charge is 0.321 e. The number of urea groups is 1. The van der Waals surface area contributed by atoms with Crippen LogP contribution in [0.5, 0.6) is 5.75 Å². The minimum absolute atomic E-state index is 0.115. The third-order valence-corrected chi connectivity index (χ3v) is 8.25. The van der Waals surface area contributed by atoms with E-state index in [0.29, 0.717) is 24.5 Å². The fourth-order valence-electron chi connectivity index (χ4n) is 5.05. The average molecular weight is 556 g/mol. The minimum atomic E-state index is -0.115. The van der Waals surface area contributed by atoms with E-state index in [2.05, 4.69) is 68.7 Å². The highest BCUT2D eigenvalue weighted by atomic mass is 32.1. The third kappa shape index (κ3) is 5.96. The molecule has 9 heteroatoms. The number of benzene rings is 3. The van der Waals surface area contributed by atoms with Gasteiger partial charge >= 0.3 is 6.03 Å². The third-order valence-electron chi connectivity index (χ3n) is 7.36. The van der Waals surface area contributed by atoms with Crippen molar-refractivity contribution in [3.63, 3.8) is 0 Å². The molecule has 1 aliphatic rings. The van der Waals surface area contributed by atoms with Crippen LogP contribution in [-0.2, 0) is 11.2 Å². The summed E-state index contributed by atoms with van der Waals surface area (Å²) in [4.78, 5) is 23.5. The normalized spacial score (nSPS) is 14.0. The lowest BCUT2D eigenvalue weighted by atomic mass is 10.1. The number of nitrogens with one attached hydrogen (secondary N) is 1. The molecule has 206 valence electrons. The molecule has 0 unspecified atom stereocenters. The number of rotatable bonds is 9. The van der Waals surface area contributed by atoms with Crippen molar-refractivity contribution >= 4 is 38.8 Å². The zero-order valence-electron chi connectivity index (χ0n) is 22.6. The molecule has 0 radical (unpaired) electrons. The first-order valence-corrected chi connectivity index (χ1v) is 14.5. The number of hydrogen-bond donors (Lipinski definition) is 1. The second-order valence-corrected chi connectivity index (χ2v) is 10.8. The topological polar surface area (TPSA) is 71.3 Å². The van der Waals surface area contributed by atoms with Crippen LogP contribution in [0.25, 0.3) is 27.0 Å². The molecule has 0 atom stereocenters. The van der Waals surface area contributed by atoms with E-state index in [-0.39, 0.29) is 6.03 Å². The minimum Gasteiger partial charge on any atom is -0.497 e. The summed E-state index contributed by atoms with van der Waals surface area (Å²) in [5, 5.41) is 7.63. The number of aromatic nitrogens is 2. The Kier molecular flexibility index (Phi) is 7.94. The maximum absolute atomic E-state index is 13.4. The summed E-state index contributed by atoms with van der Waals surface area (Å²) in [6, 6.07) is 22.2. The Labute approximate surface area is 237 Å². The first-order valence-electron chi connectivity index (χ1n) is 13.6. The van der Waals surface area contributed by atoms with Gasteiger partial charge in [-0.05, 0) is 29.0 Å². The maximum Gasteiger partial charge on any atom is 0.321 e. The lowest BCUT2D eigenvalue weighted by Gasteiger charge is -2.30. The highest BCUT2D eigenvalue weighted by Gasteiger charge is 2.19. The highest BCUT2D eigenvalue weighted by Crippen LogP contribution is 2.27. The summed E-state index contributed by atoms with van der Waals surface area (Å²) < 4.78 is 13.0. The molecule has 2 aromatic heterocycles. The molecule has 1 saturated heterocycles. The van der Waals surface area contributed by atoms with Crippen LogP contribution in [0.4, 0.5) is 10.5 Å². The number of anilines is 1. The molecule has 0 spiro atoms. The molecule has 5 aromatic rings. The van der Waals surface area contributed by atoms with Gasteiger partial charge in [0.2, 0.25) is 0 Å². The van der Waals surface area contributed by atoms with Crippen molar-refractivity contribution in [1.29, 1.82) is 0 Å². The van der Waals surface area contributed by atoms with Crippen molar-refractivity contribution < 1.29 is 14.3 Å². The predicted octanol–water partition coefficient (Wildman–Crippen LogP) is 5.63. The number of amides is 2. The first-order chi connectivity index (χ1) is 19.7. The van der Waals surface area contributed by atoms with E-state index in [1.165, 1.54) is 10.8 Å². The van der Waals surface area contributed by atoms with Crippen molar-refractivity contribution in [2.24, 2.45) is 0 Å². The number of nitrogens with zero attached hydrogens (tertiary/aromatic N) is 4. The van der Waals surface area contributed by atoms with Crippen molar-refractivity contribution in [3.05, 3.63) is 84.0 Å². The van der Waals surface area contributed by atoms with Crippen LogP contribution in [0.2, 0.25) is 0 Å². The molecule has 40 heavy (non-hydrogen) atoms. The number of methoxy groups -OCH3 is 1. The monoisotopic (exact) mass is 555 g/mol. The number of morpholine rings is 1. The summed E-state index contributed by atoms with van der Waals surface area (Å²) in [6.07, 6.45) is 2.84. The molecule has 1 N–H and O–H groups in total. The quantitative estimate of drug-likeness (QED) is 0.255. The molecule has 0 saturated carbocycles. The van der Waals surface area contributed by atoms with Crippen LogP contribution in [0, 0.1) is 0 Å². The van der Waals surface area contributed by atoms with Crippen molar-refractivity contribution in [2.75, 3.05) is 58.4 Å². The number of fused-ring (bicyclic) bond motifs is 2. The van der Waals surface area contributed by atoms with Gasteiger partial charge in [0, 0.05) is 73.7 Å². The Bertz CT molecular complexity index is 1610. The molecular formula is C31H33N5O3S. The van der Waals surface area contributed by atoms with Crippen molar-refractivity contribution in [1.82, 2.24) is 19.2 Å². The van der Waals surface area contributed by atoms with Crippen LogP contribution in [0.1, 0.15) is 5.69 Å². The van der Waals surface area contributed by atoms with Gasteiger partial charge in [-0.2, -0.15) is 0 Å². The summed E-state index contributed by atoms with van der Waals surface area (Å²) >= 11 is 1.63. The standard InChI is InChI=1S/C31H33N5O3S/c1-38-28-8-4-7-26(20-28)32-30(37)35(14-13-34-15-17-39-18-16-34)12-11-27-22-40-31-33-29(21-36(27)31)25-10-9-23-5-2-3-6-24(23)19-25/h2-10,19-22H,11-18H2,1H3,(H,32,37). The van der Waals surface area contributed by atoms with Gasteiger partial charge < -0.3 is 19.7 Å². The van der Waals surface area contributed by atoms with Gasteiger partial charge in [0.1, 0.15) is 5.75 Å². The SMILES string of the molecule is COc1cccc(NC(=O)N(CCc2csc3nc(-c4ccc5ccccc5c4)cn23)CCN2CCOCC2)c1. The molecule has 3 aromatic carbocycles. The molecule has 0 aliphatic carbocycles. The fourth-order valence-corrected chi connectivity index (χ4v) is 5.96. The Morgan fingerprint density at radius 3 is 2.75 bits per heavy atom. The number of carbonyl (C=O) groups is 1. The van der Waals surface area contributed by atoms with Crippen LogP contribution >= 0.6 is 11.3 Å². The van der Waals surface area contributed by atoms with Crippen molar-refractivity contribution in [2.45, 2.75) is 6.42 Å². The second-order valence-electron chi connectivity index (χ2n) is 9.92. The molecular weight excluding hydrogens is 522 g/mol. The van der Waals surface area contributed by atoms with Gasteiger partial charge in [0.15, 0.2) is 4.96 Å². The summed E-state index contributed by atoms with van der Waals surface area (Å²) in [5.41, 5.74) is 3.92. The molecule has 6 rings (SSSR count). The van der Waals surface area contributed by atoms with Gasteiger partial charge in [0.25, 0.3) is 0 Å². The van der Waals surface area contributed by atoms with Crippen LogP contribution in [-0.4, -0.2) is 78.3 Å². The second kappa shape index (κ2) is 12.1. The Hall–Kier alpha value is -3.92. The van der Waals surface area contributed by atoms with Gasteiger partial charge in [0.05, 0.1) is 26.0 Å². The summed E-state index contributed by atoms with van der Waals surface area (Å²) in [6.45, 7) is 5.30. The Morgan fingerprint density at radius 1 is 1.05 bits per heavy atom. The van der Waals surface area contributed by atoms with Gasteiger partial charge in [-0.25, -0.2) is 9.78 Å². The maximum atomic E-state index is 13.4. The van der Waals surface area contributed by atoms with E-state index in [1.807, 2.05) is 29.2 Å². The largest absolute Gasteiger partial charge is 0.497 e. The van der Waals surface area contributed by atoms with Gasteiger partial charge in [-0.15, -0.1) is 11.3 Å². The Balaban J connectivity index is 1.18. The predicted molar refractivity (Wildman–Crippen MR) is 161 cm³/mol. The van der Waals surface area contributed by atoms with Crippen LogP contribution < -0.4 is 10.1 Å². The van der Waals surface area contributed by atoms with E-state index >= 15 is 0 Å².